The highest BCUT2D eigenvalue weighted by atomic mass is 16.6. The van der Waals surface area contributed by atoms with E-state index in [4.69, 9.17) is 20.7 Å². The maximum atomic E-state index is 11.6. The molecule has 0 aliphatic carbocycles. The second-order valence-corrected chi connectivity index (χ2v) is 6.98. The Morgan fingerprint density at radius 1 is 1.28 bits per heavy atom. The number of aliphatic hydroxyl groups is 1. The van der Waals surface area contributed by atoms with Crippen LogP contribution in [0.25, 0.3) is 0 Å². The first kappa shape index (κ1) is 20.9. The zero-order chi connectivity index (χ0) is 19.0. The van der Waals surface area contributed by atoms with Crippen LogP contribution in [0.1, 0.15) is 45.3 Å². The summed E-state index contributed by atoms with van der Waals surface area (Å²) in [6.07, 6.45) is 0.323. The van der Waals surface area contributed by atoms with Crippen LogP contribution in [0.4, 0.5) is 4.79 Å². The van der Waals surface area contributed by atoms with Crippen molar-refractivity contribution in [3.8, 4) is 0 Å². The first-order chi connectivity index (χ1) is 11.6. The molecule has 1 amide bonds. The SMILES string of the molecule is CC(C)(C)OC(=O)N1CCC[C@@H](N)C1.O=C(O)[C@H](O)c1ccccc1. The first-order valence-corrected chi connectivity index (χ1v) is 8.29. The molecule has 1 heterocycles. The van der Waals surface area contributed by atoms with Gasteiger partial charge in [-0.05, 0) is 39.2 Å². The van der Waals surface area contributed by atoms with Crippen LogP contribution >= 0.6 is 0 Å². The number of hydrogen-bond acceptors (Lipinski definition) is 5. The molecule has 1 aliphatic heterocycles. The van der Waals surface area contributed by atoms with Crippen molar-refractivity contribution in [2.75, 3.05) is 13.1 Å². The molecular weight excluding hydrogens is 324 g/mol. The van der Waals surface area contributed by atoms with E-state index in [1.165, 1.54) is 0 Å². The first-order valence-electron chi connectivity index (χ1n) is 8.29. The Labute approximate surface area is 148 Å². The van der Waals surface area contributed by atoms with Crippen molar-refractivity contribution in [2.24, 2.45) is 5.73 Å². The van der Waals surface area contributed by atoms with E-state index in [-0.39, 0.29) is 12.1 Å². The molecule has 4 N–H and O–H groups in total. The highest BCUT2D eigenvalue weighted by molar-refractivity contribution is 5.73. The lowest BCUT2D eigenvalue weighted by Gasteiger charge is -2.32. The summed E-state index contributed by atoms with van der Waals surface area (Å²) in [6.45, 7) is 7.00. The average molecular weight is 352 g/mol. The summed E-state index contributed by atoms with van der Waals surface area (Å²) in [5, 5.41) is 17.4. The van der Waals surface area contributed by atoms with E-state index in [1.54, 1.807) is 35.2 Å². The van der Waals surface area contributed by atoms with Gasteiger partial charge in [0.25, 0.3) is 0 Å². The van der Waals surface area contributed by atoms with Gasteiger partial charge >= 0.3 is 12.1 Å². The predicted octanol–water partition coefficient (Wildman–Crippen LogP) is 2.15. The number of amides is 1. The lowest BCUT2D eigenvalue weighted by atomic mass is 10.1. The van der Waals surface area contributed by atoms with Gasteiger partial charge in [0.15, 0.2) is 6.10 Å². The molecule has 1 fully saturated rings. The number of carbonyl (C=O) groups excluding carboxylic acids is 1. The minimum Gasteiger partial charge on any atom is -0.479 e. The van der Waals surface area contributed by atoms with Gasteiger partial charge in [-0.1, -0.05) is 30.3 Å². The molecule has 1 saturated heterocycles. The summed E-state index contributed by atoms with van der Waals surface area (Å²) in [7, 11) is 0. The summed E-state index contributed by atoms with van der Waals surface area (Å²) in [6, 6.07) is 8.37. The fourth-order valence-electron chi connectivity index (χ4n) is 2.28. The van der Waals surface area contributed by atoms with Crippen LogP contribution in [0.2, 0.25) is 0 Å². The number of aliphatic hydroxyl groups excluding tert-OH is 1. The second kappa shape index (κ2) is 9.39. The average Bonchev–Trinajstić information content (AvgIpc) is 2.54. The molecule has 0 saturated carbocycles. The lowest BCUT2D eigenvalue weighted by molar-refractivity contribution is -0.146. The zero-order valence-corrected chi connectivity index (χ0v) is 15.0. The standard InChI is InChI=1S/C10H20N2O2.C8H8O3/c1-10(2,3)14-9(13)12-6-4-5-8(11)7-12;9-7(8(10)11)6-4-2-1-3-5-6/h8H,4-7,11H2,1-3H3;1-5,7,9H,(H,10,11)/t8-;7-/m11/s1. The summed E-state index contributed by atoms with van der Waals surface area (Å²) < 4.78 is 5.26. The number of rotatable bonds is 2. The van der Waals surface area contributed by atoms with Gasteiger partial charge in [-0.2, -0.15) is 0 Å². The molecule has 7 nitrogen and oxygen atoms in total. The minimum absolute atomic E-state index is 0.108. The van der Waals surface area contributed by atoms with E-state index >= 15 is 0 Å². The molecule has 25 heavy (non-hydrogen) atoms. The lowest BCUT2D eigenvalue weighted by Crippen LogP contribution is -2.47. The largest absolute Gasteiger partial charge is 0.479 e. The number of aliphatic carboxylic acids is 1. The predicted molar refractivity (Wildman–Crippen MR) is 94.1 cm³/mol. The molecule has 2 atom stereocenters. The van der Waals surface area contributed by atoms with Crippen molar-refractivity contribution in [2.45, 2.75) is 51.4 Å². The van der Waals surface area contributed by atoms with E-state index in [0.717, 1.165) is 19.4 Å². The van der Waals surface area contributed by atoms with Crippen molar-refractivity contribution in [3.05, 3.63) is 35.9 Å². The van der Waals surface area contributed by atoms with Crippen LogP contribution in [0.3, 0.4) is 0 Å². The third-order valence-corrected chi connectivity index (χ3v) is 3.46. The highest BCUT2D eigenvalue weighted by Gasteiger charge is 2.25. The number of piperidine rings is 1. The van der Waals surface area contributed by atoms with Crippen LogP contribution in [-0.4, -0.2) is 51.9 Å². The van der Waals surface area contributed by atoms with E-state index < -0.39 is 17.7 Å². The molecule has 0 radical (unpaired) electrons. The van der Waals surface area contributed by atoms with Crippen molar-refractivity contribution < 1.29 is 24.5 Å². The molecule has 7 heteroatoms. The third kappa shape index (κ3) is 8.00. The van der Waals surface area contributed by atoms with Gasteiger partial charge in [-0.25, -0.2) is 9.59 Å². The summed E-state index contributed by atoms with van der Waals surface area (Å²) in [5.41, 5.74) is 5.76. The highest BCUT2D eigenvalue weighted by Crippen LogP contribution is 2.14. The van der Waals surface area contributed by atoms with E-state index in [2.05, 4.69) is 0 Å². The van der Waals surface area contributed by atoms with Crippen LogP contribution in [-0.2, 0) is 9.53 Å². The van der Waals surface area contributed by atoms with E-state index in [9.17, 15) is 9.59 Å². The van der Waals surface area contributed by atoms with E-state index in [0.29, 0.717) is 12.1 Å². The Bertz CT molecular complexity index is 556. The Balaban J connectivity index is 0.000000257. The molecule has 0 aromatic heterocycles. The molecule has 1 aliphatic rings. The second-order valence-electron chi connectivity index (χ2n) is 6.98. The number of likely N-dealkylation sites (tertiary alicyclic amines) is 1. The Kier molecular flexibility index (Phi) is 7.86. The Morgan fingerprint density at radius 2 is 1.88 bits per heavy atom. The molecular formula is C18H28N2O5. The monoisotopic (exact) mass is 352 g/mol. The molecule has 1 aromatic carbocycles. The number of ether oxygens (including phenoxy) is 1. The minimum atomic E-state index is -1.41. The number of carboxylic acids is 1. The molecule has 0 spiro atoms. The smallest absolute Gasteiger partial charge is 0.410 e. The quantitative estimate of drug-likeness (QED) is 0.751. The maximum absolute atomic E-state index is 11.6. The van der Waals surface area contributed by atoms with Gasteiger partial charge < -0.3 is 25.6 Å². The van der Waals surface area contributed by atoms with Crippen LogP contribution in [0.5, 0.6) is 0 Å². The number of benzene rings is 1. The molecule has 0 unspecified atom stereocenters. The van der Waals surface area contributed by atoms with Crippen molar-refractivity contribution in [1.29, 1.82) is 0 Å². The zero-order valence-electron chi connectivity index (χ0n) is 15.0. The summed E-state index contributed by atoms with van der Waals surface area (Å²) in [4.78, 5) is 23.6. The fourth-order valence-corrected chi connectivity index (χ4v) is 2.28. The van der Waals surface area contributed by atoms with E-state index in [1.807, 2.05) is 20.8 Å². The number of carbonyl (C=O) groups is 2. The van der Waals surface area contributed by atoms with Gasteiger partial charge in [-0.15, -0.1) is 0 Å². The van der Waals surface area contributed by atoms with Crippen LogP contribution < -0.4 is 5.73 Å². The fraction of sp³-hybridized carbons (Fsp3) is 0.556. The third-order valence-electron chi connectivity index (χ3n) is 3.46. The van der Waals surface area contributed by atoms with Gasteiger partial charge in [0.1, 0.15) is 5.60 Å². The van der Waals surface area contributed by atoms with Gasteiger partial charge in [0.05, 0.1) is 0 Å². The topological polar surface area (TPSA) is 113 Å². The summed E-state index contributed by atoms with van der Waals surface area (Å²) in [5.74, 6) is -1.23. The van der Waals surface area contributed by atoms with Crippen molar-refractivity contribution in [1.82, 2.24) is 4.90 Å². The van der Waals surface area contributed by atoms with Crippen molar-refractivity contribution >= 4 is 12.1 Å². The van der Waals surface area contributed by atoms with Gasteiger partial charge in [0.2, 0.25) is 0 Å². The van der Waals surface area contributed by atoms with Gasteiger partial charge in [-0.3, -0.25) is 0 Å². The Morgan fingerprint density at radius 3 is 2.36 bits per heavy atom. The number of carboxylic acid groups (broad SMARTS) is 1. The number of nitrogens with zero attached hydrogens (tertiary/aromatic N) is 1. The molecule has 140 valence electrons. The molecule has 2 rings (SSSR count). The Hall–Kier alpha value is -2.12. The number of nitrogens with two attached hydrogens (primary N) is 1. The normalized spacial score (nSPS) is 18.6. The molecule has 0 bridgehead atoms. The molecule has 1 aromatic rings. The number of hydrogen-bond donors (Lipinski definition) is 3. The summed E-state index contributed by atoms with van der Waals surface area (Å²) >= 11 is 0. The van der Waals surface area contributed by atoms with Crippen LogP contribution in [0.15, 0.2) is 30.3 Å². The maximum Gasteiger partial charge on any atom is 0.410 e. The van der Waals surface area contributed by atoms with Crippen molar-refractivity contribution in [3.63, 3.8) is 0 Å². The van der Waals surface area contributed by atoms with Crippen LogP contribution in [0, 0.1) is 0 Å². The van der Waals surface area contributed by atoms with Gasteiger partial charge in [0, 0.05) is 19.1 Å².